The first-order valence-corrected chi connectivity index (χ1v) is 7.71. The second-order valence-corrected chi connectivity index (χ2v) is 7.28. The van der Waals surface area contributed by atoms with Crippen molar-refractivity contribution in [3.63, 3.8) is 0 Å². The van der Waals surface area contributed by atoms with E-state index in [9.17, 15) is 0 Å². The maximum atomic E-state index is 6.21. The van der Waals surface area contributed by atoms with E-state index < -0.39 is 0 Å². The van der Waals surface area contributed by atoms with Crippen molar-refractivity contribution in [1.82, 2.24) is 5.32 Å². The molecule has 0 aliphatic rings. The molecule has 1 atom stereocenters. The summed E-state index contributed by atoms with van der Waals surface area (Å²) in [5, 5.41) is 4.20. The molecule has 0 saturated heterocycles. The van der Waals surface area contributed by atoms with Crippen molar-refractivity contribution in [2.24, 2.45) is 0 Å². The normalized spacial score (nSPS) is 12.7. The van der Waals surface area contributed by atoms with Gasteiger partial charge in [0.15, 0.2) is 0 Å². The van der Waals surface area contributed by atoms with E-state index in [1.54, 1.807) is 11.3 Å². The number of thiophene rings is 1. The summed E-state index contributed by atoms with van der Waals surface area (Å²) < 4.78 is 1.16. The minimum atomic E-state index is 0.186. The highest BCUT2D eigenvalue weighted by molar-refractivity contribution is 9.11. The zero-order valence-corrected chi connectivity index (χ0v) is 13.7. The second kappa shape index (κ2) is 5.74. The minimum absolute atomic E-state index is 0.186. The van der Waals surface area contributed by atoms with E-state index in [-0.39, 0.29) is 6.04 Å². The zero-order chi connectivity index (χ0) is 13.3. The van der Waals surface area contributed by atoms with Gasteiger partial charge in [-0.15, -0.1) is 11.3 Å². The number of nitrogens with one attached hydrogen (secondary N) is 1. The number of hydrogen-bond acceptors (Lipinski definition) is 2. The van der Waals surface area contributed by atoms with Crippen LogP contribution >= 0.6 is 38.9 Å². The Morgan fingerprint density at radius 3 is 2.56 bits per heavy atom. The van der Waals surface area contributed by atoms with Gasteiger partial charge in [0.1, 0.15) is 0 Å². The Bertz CT molecular complexity index is 565. The van der Waals surface area contributed by atoms with Crippen LogP contribution in [0.1, 0.15) is 27.6 Å². The Morgan fingerprint density at radius 1 is 1.28 bits per heavy atom. The standard InChI is InChI=1S/C14H15BrClNS/c1-8-10(5-4-6-12(8)16)14(17-3)11-7-13(15)18-9(11)2/h4-7,14,17H,1-3H3. The fourth-order valence-corrected chi connectivity index (χ4v) is 4.09. The van der Waals surface area contributed by atoms with Crippen LogP contribution < -0.4 is 5.32 Å². The summed E-state index contributed by atoms with van der Waals surface area (Å²) in [7, 11) is 1.98. The monoisotopic (exact) mass is 343 g/mol. The first kappa shape index (κ1) is 14.1. The van der Waals surface area contributed by atoms with Crippen molar-refractivity contribution in [2.75, 3.05) is 7.05 Å². The Balaban J connectivity index is 2.52. The Morgan fingerprint density at radius 2 is 2.00 bits per heavy atom. The van der Waals surface area contributed by atoms with Gasteiger partial charge in [0.2, 0.25) is 0 Å². The quantitative estimate of drug-likeness (QED) is 0.818. The molecule has 1 aromatic heterocycles. The number of benzene rings is 1. The van der Waals surface area contributed by atoms with Gasteiger partial charge >= 0.3 is 0 Å². The Hall–Kier alpha value is -0.350. The van der Waals surface area contributed by atoms with Crippen LogP contribution in [0.2, 0.25) is 5.02 Å². The van der Waals surface area contributed by atoms with Crippen molar-refractivity contribution in [1.29, 1.82) is 0 Å². The van der Waals surface area contributed by atoms with Crippen LogP contribution in [0.4, 0.5) is 0 Å². The molecule has 0 saturated carbocycles. The molecule has 0 radical (unpaired) electrons. The molecule has 1 heterocycles. The fraction of sp³-hybridized carbons (Fsp3) is 0.286. The number of aryl methyl sites for hydroxylation is 1. The third kappa shape index (κ3) is 2.64. The summed E-state index contributed by atoms with van der Waals surface area (Å²) in [5.41, 5.74) is 3.68. The third-order valence-corrected chi connectivity index (χ3v) is 5.13. The van der Waals surface area contributed by atoms with Crippen molar-refractivity contribution < 1.29 is 0 Å². The predicted molar refractivity (Wildman–Crippen MR) is 83.8 cm³/mol. The molecule has 1 aromatic carbocycles. The van der Waals surface area contributed by atoms with Gasteiger partial charge in [0.25, 0.3) is 0 Å². The summed E-state index contributed by atoms with van der Waals surface area (Å²) in [6.07, 6.45) is 0. The van der Waals surface area contributed by atoms with E-state index in [2.05, 4.69) is 47.2 Å². The summed E-state index contributed by atoms with van der Waals surface area (Å²) >= 11 is 11.5. The van der Waals surface area contributed by atoms with Crippen LogP contribution in [0.5, 0.6) is 0 Å². The molecule has 1 nitrogen and oxygen atoms in total. The molecule has 0 amide bonds. The number of hydrogen-bond donors (Lipinski definition) is 1. The van der Waals surface area contributed by atoms with Gasteiger partial charge < -0.3 is 5.32 Å². The summed E-state index contributed by atoms with van der Waals surface area (Å²) in [6.45, 7) is 4.22. The first-order chi connectivity index (χ1) is 8.54. The molecule has 0 fully saturated rings. The molecule has 18 heavy (non-hydrogen) atoms. The van der Waals surface area contributed by atoms with Crippen LogP contribution in [0.15, 0.2) is 28.1 Å². The molecular weight excluding hydrogens is 330 g/mol. The van der Waals surface area contributed by atoms with Gasteiger partial charge in [-0.3, -0.25) is 0 Å². The Labute approximate surface area is 125 Å². The first-order valence-electron chi connectivity index (χ1n) is 5.72. The van der Waals surface area contributed by atoms with E-state index in [4.69, 9.17) is 11.6 Å². The van der Waals surface area contributed by atoms with Gasteiger partial charge in [-0.1, -0.05) is 23.7 Å². The van der Waals surface area contributed by atoms with Gasteiger partial charge in [-0.2, -0.15) is 0 Å². The van der Waals surface area contributed by atoms with Crippen molar-refractivity contribution >= 4 is 38.9 Å². The van der Waals surface area contributed by atoms with E-state index in [1.165, 1.54) is 16.0 Å². The highest BCUT2D eigenvalue weighted by Gasteiger charge is 2.19. The van der Waals surface area contributed by atoms with Crippen LogP contribution in [0.25, 0.3) is 0 Å². The molecular formula is C14H15BrClNS. The highest BCUT2D eigenvalue weighted by Crippen LogP contribution is 2.35. The lowest BCUT2D eigenvalue weighted by atomic mass is 9.95. The lowest BCUT2D eigenvalue weighted by Gasteiger charge is -2.19. The van der Waals surface area contributed by atoms with Crippen molar-refractivity contribution in [3.8, 4) is 0 Å². The van der Waals surface area contributed by atoms with Crippen LogP contribution in [0.3, 0.4) is 0 Å². The molecule has 1 N–H and O–H groups in total. The van der Waals surface area contributed by atoms with Crippen LogP contribution in [0, 0.1) is 13.8 Å². The molecule has 0 bridgehead atoms. The predicted octanol–water partition coefficient (Wildman–Crippen LogP) is 5.09. The Kier molecular flexibility index (Phi) is 4.49. The third-order valence-electron chi connectivity index (χ3n) is 3.15. The van der Waals surface area contributed by atoms with E-state index in [1.807, 2.05) is 19.2 Å². The fourth-order valence-electron chi connectivity index (χ4n) is 2.16. The largest absolute Gasteiger partial charge is 0.309 e. The van der Waals surface area contributed by atoms with Crippen molar-refractivity contribution in [2.45, 2.75) is 19.9 Å². The molecule has 0 aliphatic carbocycles. The smallest absolute Gasteiger partial charge is 0.0704 e. The highest BCUT2D eigenvalue weighted by atomic mass is 79.9. The topological polar surface area (TPSA) is 12.0 Å². The SMILES string of the molecule is CNC(c1cc(Br)sc1C)c1cccc(Cl)c1C. The molecule has 2 aromatic rings. The van der Waals surface area contributed by atoms with Gasteiger partial charge in [0, 0.05) is 9.90 Å². The second-order valence-electron chi connectivity index (χ2n) is 4.24. The van der Waals surface area contributed by atoms with E-state index in [0.29, 0.717) is 0 Å². The van der Waals surface area contributed by atoms with Gasteiger partial charge in [0.05, 0.1) is 9.83 Å². The van der Waals surface area contributed by atoms with E-state index in [0.717, 1.165) is 14.4 Å². The molecule has 0 aliphatic heterocycles. The number of rotatable bonds is 3. The lowest BCUT2D eigenvalue weighted by molar-refractivity contribution is 0.686. The zero-order valence-electron chi connectivity index (χ0n) is 10.6. The number of halogens is 2. The molecule has 1 unspecified atom stereocenters. The molecule has 4 heteroatoms. The van der Waals surface area contributed by atoms with Gasteiger partial charge in [-0.25, -0.2) is 0 Å². The average Bonchev–Trinajstić information content (AvgIpc) is 2.65. The average molecular weight is 345 g/mol. The lowest BCUT2D eigenvalue weighted by Crippen LogP contribution is -2.18. The maximum absolute atomic E-state index is 6.21. The molecule has 96 valence electrons. The van der Waals surface area contributed by atoms with Crippen LogP contribution in [-0.2, 0) is 0 Å². The van der Waals surface area contributed by atoms with Gasteiger partial charge in [-0.05, 0) is 65.6 Å². The summed E-state index contributed by atoms with van der Waals surface area (Å²) in [4.78, 5) is 1.32. The molecule has 0 spiro atoms. The van der Waals surface area contributed by atoms with Crippen LogP contribution in [-0.4, -0.2) is 7.05 Å². The summed E-state index contributed by atoms with van der Waals surface area (Å²) in [5.74, 6) is 0. The maximum Gasteiger partial charge on any atom is 0.0704 e. The van der Waals surface area contributed by atoms with E-state index >= 15 is 0 Å². The minimum Gasteiger partial charge on any atom is -0.309 e. The summed E-state index contributed by atoms with van der Waals surface area (Å²) in [6, 6.07) is 8.44. The molecule has 2 rings (SSSR count). The van der Waals surface area contributed by atoms with Crippen molar-refractivity contribution in [3.05, 3.63) is 54.6 Å².